The summed E-state index contributed by atoms with van der Waals surface area (Å²) in [4.78, 5) is 199. The molecule has 1 aliphatic carbocycles. The highest BCUT2D eigenvalue weighted by Gasteiger charge is 2.40. The minimum Gasteiger partial charge on any atom is -0.504 e. The highest BCUT2D eigenvalue weighted by atomic mass is 16.5. The fourth-order valence-electron chi connectivity index (χ4n) is 9.69. The van der Waals surface area contributed by atoms with Crippen LogP contribution in [-0.2, 0) is 71.9 Å². The minimum absolute atomic E-state index is 0.00759. The number of benzene rings is 1. The third-order valence-electron chi connectivity index (χ3n) is 14.6. The normalized spacial score (nSPS) is 20.6. The number of carboxylic acids is 2. The smallest absolute Gasteiger partial charge is 0.328 e. The molecule has 0 radical (unpaired) electrons. The second kappa shape index (κ2) is 36.2. The molecule has 36 heteroatoms. The van der Waals surface area contributed by atoms with E-state index in [0.29, 0.717) is 11.5 Å². The Hall–Kier alpha value is -9.55. The number of pyridine rings is 1. The molecule has 3 heterocycles. The number of ether oxygens (including phenoxy) is 1. The van der Waals surface area contributed by atoms with E-state index in [9.17, 15) is 92.5 Å². The summed E-state index contributed by atoms with van der Waals surface area (Å²) in [5.41, 5.74) is 10.7. The number of rotatable bonds is 32. The summed E-state index contributed by atoms with van der Waals surface area (Å²) >= 11 is 0. The topological polar surface area (TPSA) is 550 Å². The zero-order chi connectivity index (χ0) is 67.6. The summed E-state index contributed by atoms with van der Waals surface area (Å²) < 4.78 is 6.99. The molecule has 1 saturated heterocycles. The second-order valence-electron chi connectivity index (χ2n) is 21.7. The quantitative estimate of drug-likeness (QED) is 0.0108. The van der Waals surface area contributed by atoms with Gasteiger partial charge in [-0.15, -0.1) is 0 Å². The summed E-state index contributed by atoms with van der Waals surface area (Å²) in [5, 5.41) is 74.7. The molecule has 11 amide bonds. The van der Waals surface area contributed by atoms with E-state index < -0.39 is 175 Å². The highest BCUT2D eigenvalue weighted by molar-refractivity contribution is 6.00. The van der Waals surface area contributed by atoms with Crippen molar-refractivity contribution in [3.63, 3.8) is 0 Å². The number of nitrogens with one attached hydrogen (secondary N) is 10. The van der Waals surface area contributed by atoms with Gasteiger partial charge in [0.15, 0.2) is 5.75 Å². The summed E-state index contributed by atoms with van der Waals surface area (Å²) in [6, 6.07) is -11.1. The van der Waals surface area contributed by atoms with Gasteiger partial charge in [-0.3, -0.25) is 77.5 Å². The Labute approximate surface area is 520 Å². The number of phenolic OH excluding ortho intramolecular Hbond substituents is 1. The van der Waals surface area contributed by atoms with Crippen LogP contribution in [0.3, 0.4) is 0 Å². The van der Waals surface area contributed by atoms with Crippen molar-refractivity contribution in [2.24, 2.45) is 11.5 Å². The number of aromatic nitrogens is 1. The van der Waals surface area contributed by atoms with Crippen LogP contribution in [0.1, 0.15) is 117 Å². The van der Waals surface area contributed by atoms with Crippen LogP contribution in [0.5, 0.6) is 5.75 Å². The second-order valence-corrected chi connectivity index (χ2v) is 21.7. The zero-order valence-corrected chi connectivity index (χ0v) is 50.4. The number of phenols is 1. The van der Waals surface area contributed by atoms with E-state index in [4.69, 9.17) is 21.3 Å². The van der Waals surface area contributed by atoms with Crippen molar-refractivity contribution in [2.75, 3.05) is 43.4 Å². The van der Waals surface area contributed by atoms with Crippen molar-refractivity contribution in [3.05, 3.63) is 28.4 Å². The molecule has 4 rings (SSSR count). The van der Waals surface area contributed by atoms with Gasteiger partial charge in [0.2, 0.25) is 71.4 Å². The maximum absolute atomic E-state index is 14.6. The number of aromatic hydroxyl groups is 1. The van der Waals surface area contributed by atoms with Gasteiger partial charge in [0, 0.05) is 37.7 Å². The monoisotopic (exact) mass is 1290 g/mol. The van der Waals surface area contributed by atoms with Crippen LogP contribution in [-0.4, -0.2) is 211 Å². The van der Waals surface area contributed by atoms with E-state index in [2.05, 4.69) is 53.2 Å². The van der Waals surface area contributed by atoms with Crippen molar-refractivity contribution >= 4 is 95.4 Å². The fourth-order valence-corrected chi connectivity index (χ4v) is 9.69. The standard InChI is InChI=1S/C55H81N15O21/c1-28-47(80)59-29(2)48(81)62-33(12-8-20-68(89)26-71)50(83)65-35(11-5-7-18-57)55(88)91-30(3)45(54(87)60-28)67-51(84)32(10-4-6-17-56)63-49(82)34(13-9-21-69(90)27-72)64-52(85)37(24-44(78)79)66-53(86)38-16-19-58-46-36(61-42(75)14-15-43(76)77)22-31-23-40(73)41(74)25-39(31)70(38)46/h22-23,25-30,32-35,37-38,45,58,73,89-90H,4-21,24,56-57H2,1-3H3,(H,59,80)(H,60,87)(H,61,75)(H,62,81)(H,63,82)(H,64,85)(H,65,83)(H,66,86)(H,67,84)(H,76,77)(H,78,79). The average molecular weight is 1290 g/mol. The van der Waals surface area contributed by atoms with Crippen LogP contribution in [0, 0.1) is 0 Å². The van der Waals surface area contributed by atoms with E-state index >= 15 is 0 Å². The Bertz CT molecular complexity index is 3000. The number of anilines is 2. The van der Waals surface area contributed by atoms with Gasteiger partial charge in [0.1, 0.15) is 66.3 Å². The van der Waals surface area contributed by atoms with Gasteiger partial charge < -0.3 is 89.3 Å². The predicted octanol–water partition coefficient (Wildman–Crippen LogP) is -4.33. The number of carboxylic acid groups (broad SMARTS) is 2. The van der Waals surface area contributed by atoms with Crippen LogP contribution in [0.25, 0.3) is 11.3 Å². The molecule has 0 bridgehead atoms. The van der Waals surface area contributed by atoms with Crippen molar-refractivity contribution < 1.29 is 97.6 Å². The Kier molecular flexibility index (Phi) is 29.4. The number of cyclic esters (lactones) is 1. The van der Waals surface area contributed by atoms with E-state index in [1.807, 2.05) is 0 Å². The number of amides is 11. The first-order valence-electron chi connectivity index (χ1n) is 29.4. The largest absolute Gasteiger partial charge is 0.504 e. The molecule has 91 heavy (non-hydrogen) atoms. The van der Waals surface area contributed by atoms with E-state index in [-0.39, 0.29) is 125 Å². The first-order valence-corrected chi connectivity index (χ1v) is 29.4. The van der Waals surface area contributed by atoms with Crippen molar-refractivity contribution in [2.45, 2.75) is 171 Å². The lowest BCUT2D eigenvalue weighted by molar-refractivity contribution is -0.156. The zero-order valence-electron chi connectivity index (χ0n) is 50.4. The molecule has 1 fully saturated rings. The molecular formula is C55H81N15O21. The summed E-state index contributed by atoms with van der Waals surface area (Å²) in [6.45, 7) is 3.23. The van der Waals surface area contributed by atoms with Crippen LogP contribution >= 0.6 is 0 Å². The first kappa shape index (κ1) is 73.9. The SMILES string of the molecule is CC1NC(=O)C(C)NC(=O)C(NC(=O)C(CCCCN)NC(=O)C(CCCN(O)C=O)NC(=O)C(CC(=O)O)NC(=O)C2CCNc3c(NC(=O)CCC(=O)O)cc4cc(O)c(=O)cc-4n32)C(C)OC(=O)C(CCCCN)NC(=O)C(CCCN(O)C=O)NC1=O. The third kappa shape index (κ3) is 22.8. The van der Waals surface area contributed by atoms with Crippen molar-refractivity contribution in [1.82, 2.24) is 57.2 Å². The minimum atomic E-state index is -2.00. The molecule has 0 saturated carbocycles. The molecule has 19 N–H and O–H groups in total. The number of carbonyl (C=O) groups is 14. The molecule has 0 spiro atoms. The lowest BCUT2D eigenvalue weighted by atomic mass is 10.0. The molecule has 10 unspecified atom stereocenters. The molecule has 0 aromatic heterocycles. The molecule has 0 aromatic rings. The van der Waals surface area contributed by atoms with E-state index in [1.54, 1.807) is 0 Å². The number of carbonyl (C=O) groups excluding carboxylic acids is 12. The van der Waals surface area contributed by atoms with Gasteiger partial charge in [-0.25, -0.2) is 14.9 Å². The number of fused-ring (bicyclic) bond motifs is 3. The molecule has 502 valence electrons. The Morgan fingerprint density at radius 2 is 1.25 bits per heavy atom. The molecule has 0 aromatic carbocycles. The van der Waals surface area contributed by atoms with Gasteiger partial charge in [-0.2, -0.15) is 0 Å². The number of unbranched alkanes of at least 4 members (excludes halogenated alkanes) is 2. The van der Waals surface area contributed by atoms with Crippen LogP contribution in [0.4, 0.5) is 11.5 Å². The van der Waals surface area contributed by atoms with Gasteiger partial charge in [-0.1, -0.05) is 0 Å². The first-order chi connectivity index (χ1) is 43.1. The van der Waals surface area contributed by atoms with Crippen LogP contribution < -0.4 is 70.1 Å². The Morgan fingerprint density at radius 1 is 0.681 bits per heavy atom. The number of nitrogens with zero attached hydrogens (tertiary/aromatic N) is 3. The van der Waals surface area contributed by atoms with E-state index in [1.165, 1.54) is 31.4 Å². The van der Waals surface area contributed by atoms with Crippen molar-refractivity contribution in [1.29, 1.82) is 0 Å². The average Bonchev–Trinajstić information content (AvgIpc) is 0.774. The number of hydrogen-bond donors (Lipinski definition) is 17. The van der Waals surface area contributed by atoms with Crippen LogP contribution in [0.15, 0.2) is 23.0 Å². The van der Waals surface area contributed by atoms with E-state index in [0.717, 1.165) is 12.1 Å². The van der Waals surface area contributed by atoms with Crippen molar-refractivity contribution in [3.8, 4) is 17.0 Å². The maximum atomic E-state index is 14.6. The summed E-state index contributed by atoms with van der Waals surface area (Å²) in [7, 11) is 0. The maximum Gasteiger partial charge on any atom is 0.328 e. The van der Waals surface area contributed by atoms with Crippen LogP contribution in [0.2, 0.25) is 0 Å². The Balaban J connectivity index is 1.70. The summed E-state index contributed by atoms with van der Waals surface area (Å²) in [5.74, 6) is -14.0. The summed E-state index contributed by atoms with van der Waals surface area (Å²) in [6.07, 6.45) is -4.05. The van der Waals surface area contributed by atoms with Gasteiger partial charge in [0.25, 0.3) is 0 Å². The highest BCUT2D eigenvalue weighted by Crippen LogP contribution is 2.40. The molecule has 36 nitrogen and oxygen atoms in total. The molecule has 4 aliphatic rings. The Morgan fingerprint density at radius 3 is 1.88 bits per heavy atom. The van der Waals surface area contributed by atoms with Gasteiger partial charge in [0.05, 0.1) is 24.2 Å². The number of nitrogens with two attached hydrogens (primary N) is 2. The number of hydroxylamine groups is 4. The fraction of sp³-hybridized carbons (Fsp3) is 0.582. The van der Waals surface area contributed by atoms with Gasteiger partial charge in [-0.05, 0) is 117 Å². The number of esters is 1. The third-order valence-corrected chi connectivity index (χ3v) is 14.6. The number of hydrogen-bond acceptors (Lipinski definition) is 22. The molecule has 10 atom stereocenters. The lowest BCUT2D eigenvalue weighted by Crippen LogP contribution is -2.62. The number of aliphatic carboxylic acids is 2. The predicted molar refractivity (Wildman–Crippen MR) is 315 cm³/mol. The molecular weight excluding hydrogens is 1210 g/mol. The lowest BCUT2D eigenvalue weighted by Gasteiger charge is -2.34. The molecule has 3 aliphatic heterocycles. The van der Waals surface area contributed by atoms with Gasteiger partial charge >= 0.3 is 17.9 Å².